The Morgan fingerprint density at radius 2 is 1.82 bits per heavy atom. The van der Waals surface area contributed by atoms with Gasteiger partial charge in [0.15, 0.2) is 0 Å². The van der Waals surface area contributed by atoms with Crippen molar-refractivity contribution in [2.75, 3.05) is 33.2 Å². The lowest BCUT2D eigenvalue weighted by Crippen LogP contribution is -2.43. The van der Waals surface area contributed by atoms with Crippen molar-refractivity contribution in [2.45, 2.75) is 70.0 Å². The number of hydrogen-bond acceptors (Lipinski definition) is 3. The van der Waals surface area contributed by atoms with E-state index in [9.17, 15) is 0 Å². The molecule has 1 saturated carbocycles. The molecule has 2 aliphatic carbocycles. The molecule has 4 nitrogen and oxygen atoms in total. The highest BCUT2D eigenvalue weighted by atomic mass is 15.2. The fourth-order valence-corrected chi connectivity index (χ4v) is 5.59. The Kier molecular flexibility index (Phi) is 5.45. The topological polar surface area (TPSA) is 34.3 Å². The molecule has 0 spiro atoms. The van der Waals surface area contributed by atoms with Crippen LogP contribution >= 0.6 is 0 Å². The second-order valence-corrected chi connectivity index (χ2v) is 9.42. The van der Waals surface area contributed by atoms with Gasteiger partial charge in [0.25, 0.3) is 0 Å². The summed E-state index contributed by atoms with van der Waals surface area (Å²) in [6.07, 6.45) is 10.8. The molecule has 2 heterocycles. The van der Waals surface area contributed by atoms with Gasteiger partial charge < -0.3 is 15.2 Å². The van der Waals surface area contributed by atoms with E-state index in [1.807, 2.05) is 0 Å². The molecule has 2 fully saturated rings. The maximum Gasteiger partial charge on any atom is 0.0478 e. The highest BCUT2D eigenvalue weighted by Gasteiger charge is 2.27. The number of rotatable bonds is 4. The number of likely N-dealkylation sites (N-methyl/N-ethyl adjacent to an activating group) is 1. The Hall–Kier alpha value is -1.36. The number of fused-ring (bicyclic) bond motifs is 3. The van der Waals surface area contributed by atoms with E-state index in [4.69, 9.17) is 0 Å². The van der Waals surface area contributed by atoms with Gasteiger partial charge in [0.1, 0.15) is 0 Å². The van der Waals surface area contributed by atoms with Gasteiger partial charge >= 0.3 is 0 Å². The van der Waals surface area contributed by atoms with E-state index in [1.54, 1.807) is 5.56 Å². The average molecular weight is 381 g/mol. The predicted molar refractivity (Wildman–Crippen MR) is 117 cm³/mol. The number of nitrogens with one attached hydrogen (secondary N) is 2. The van der Waals surface area contributed by atoms with Crippen molar-refractivity contribution < 1.29 is 0 Å². The molecule has 2 N–H and O–H groups in total. The van der Waals surface area contributed by atoms with Crippen LogP contribution in [-0.4, -0.2) is 54.1 Å². The maximum absolute atomic E-state index is 4.02. The van der Waals surface area contributed by atoms with Crippen LogP contribution in [0.1, 0.15) is 67.8 Å². The Morgan fingerprint density at radius 1 is 1.00 bits per heavy atom. The molecule has 1 unspecified atom stereocenters. The number of hydrogen-bond donors (Lipinski definition) is 2. The van der Waals surface area contributed by atoms with Crippen LogP contribution in [0, 0.1) is 0 Å². The third-order valence-corrected chi connectivity index (χ3v) is 7.32. The van der Waals surface area contributed by atoms with Crippen LogP contribution in [0.3, 0.4) is 0 Å². The smallest absolute Gasteiger partial charge is 0.0478 e. The van der Waals surface area contributed by atoms with Crippen molar-refractivity contribution in [1.82, 2.24) is 20.1 Å². The van der Waals surface area contributed by atoms with E-state index in [1.165, 1.54) is 99.7 Å². The second-order valence-electron chi connectivity index (χ2n) is 9.42. The lowest BCUT2D eigenvalue weighted by Gasteiger charge is -2.32. The summed E-state index contributed by atoms with van der Waals surface area (Å²) in [5, 5.41) is 5.50. The van der Waals surface area contributed by atoms with Gasteiger partial charge in [-0.3, -0.25) is 4.90 Å². The molecule has 3 aliphatic rings. The molecule has 0 bridgehead atoms. The van der Waals surface area contributed by atoms with Crippen molar-refractivity contribution in [1.29, 1.82) is 0 Å². The summed E-state index contributed by atoms with van der Waals surface area (Å²) in [4.78, 5) is 8.85. The third kappa shape index (κ3) is 3.87. The summed E-state index contributed by atoms with van der Waals surface area (Å²) in [7, 11) is 2.23. The van der Waals surface area contributed by atoms with Gasteiger partial charge in [-0.05, 0) is 62.4 Å². The molecule has 4 heteroatoms. The number of benzene rings is 1. The van der Waals surface area contributed by atoms with E-state index in [0.717, 1.165) is 12.6 Å². The summed E-state index contributed by atoms with van der Waals surface area (Å²) >= 11 is 0. The molecule has 0 radical (unpaired) electrons. The van der Waals surface area contributed by atoms with Crippen molar-refractivity contribution >= 4 is 10.9 Å². The van der Waals surface area contributed by atoms with Crippen LogP contribution in [0.5, 0.6) is 0 Å². The van der Waals surface area contributed by atoms with Crippen molar-refractivity contribution in [3.8, 4) is 0 Å². The molecule has 28 heavy (non-hydrogen) atoms. The zero-order valence-corrected chi connectivity index (χ0v) is 17.5. The van der Waals surface area contributed by atoms with E-state index in [0.29, 0.717) is 6.04 Å². The Balaban J connectivity index is 1.35. The van der Waals surface area contributed by atoms with Crippen molar-refractivity contribution in [2.24, 2.45) is 0 Å². The number of H-pyrrole nitrogens is 1. The van der Waals surface area contributed by atoms with Crippen LogP contribution in [-0.2, 0) is 13.0 Å². The normalized spacial score (nSPS) is 25.2. The number of aromatic amines is 1. The Bertz CT molecular complexity index is 796. The quantitative estimate of drug-likeness (QED) is 0.834. The highest BCUT2D eigenvalue weighted by Crippen LogP contribution is 2.36. The Labute approximate surface area is 169 Å². The van der Waals surface area contributed by atoms with Gasteiger partial charge in [-0.15, -0.1) is 0 Å². The summed E-state index contributed by atoms with van der Waals surface area (Å²) in [6.45, 7) is 5.85. The number of piperazine rings is 1. The van der Waals surface area contributed by atoms with Gasteiger partial charge in [0, 0.05) is 61.4 Å². The van der Waals surface area contributed by atoms with Crippen LogP contribution in [0.2, 0.25) is 0 Å². The summed E-state index contributed by atoms with van der Waals surface area (Å²) in [5.74, 6) is 0. The van der Waals surface area contributed by atoms with Crippen LogP contribution in [0.25, 0.3) is 10.9 Å². The zero-order valence-electron chi connectivity index (χ0n) is 17.5. The molecule has 5 rings (SSSR count). The highest BCUT2D eigenvalue weighted by molar-refractivity contribution is 5.85. The van der Waals surface area contributed by atoms with Crippen molar-refractivity contribution in [3.05, 3.63) is 35.0 Å². The number of nitrogens with zero attached hydrogens (tertiary/aromatic N) is 2. The molecular weight excluding hydrogens is 344 g/mol. The minimum atomic E-state index is 0.528. The predicted octanol–water partition coefficient (Wildman–Crippen LogP) is 4.22. The van der Waals surface area contributed by atoms with E-state index in [-0.39, 0.29) is 0 Å². The second kappa shape index (κ2) is 8.17. The third-order valence-electron chi connectivity index (χ3n) is 7.32. The van der Waals surface area contributed by atoms with E-state index >= 15 is 0 Å². The molecule has 0 amide bonds. The molecule has 1 atom stereocenters. The first-order valence-electron chi connectivity index (χ1n) is 11.6. The van der Waals surface area contributed by atoms with E-state index in [2.05, 4.69) is 45.3 Å². The minimum absolute atomic E-state index is 0.528. The average Bonchev–Trinajstić information content (AvgIpc) is 3.10. The fraction of sp³-hybridized carbons (Fsp3) is 0.667. The molecule has 1 saturated heterocycles. The standard InChI is InChI=1S/C24H36N4/c1-27-12-14-28(15-13-27)17-18-10-11-22-21(16-18)20-8-5-9-23(24(20)26-22)25-19-6-3-2-4-7-19/h10-11,16,19,23,25-26H,2-9,12-15,17H2,1H3. The van der Waals surface area contributed by atoms with Gasteiger partial charge in [-0.25, -0.2) is 0 Å². The largest absolute Gasteiger partial charge is 0.357 e. The first-order valence-corrected chi connectivity index (χ1v) is 11.6. The van der Waals surface area contributed by atoms with Gasteiger partial charge in [-0.1, -0.05) is 25.3 Å². The number of aromatic nitrogens is 1. The van der Waals surface area contributed by atoms with Crippen LogP contribution in [0.15, 0.2) is 18.2 Å². The summed E-state index contributed by atoms with van der Waals surface area (Å²) < 4.78 is 0. The molecule has 1 aromatic heterocycles. The van der Waals surface area contributed by atoms with E-state index < -0.39 is 0 Å². The summed E-state index contributed by atoms with van der Waals surface area (Å²) in [6, 6.07) is 8.40. The van der Waals surface area contributed by atoms with Crippen LogP contribution < -0.4 is 5.32 Å². The summed E-state index contributed by atoms with van der Waals surface area (Å²) in [5.41, 5.74) is 5.89. The van der Waals surface area contributed by atoms with Crippen LogP contribution in [0.4, 0.5) is 0 Å². The van der Waals surface area contributed by atoms with Gasteiger partial charge in [0.05, 0.1) is 0 Å². The minimum Gasteiger partial charge on any atom is -0.357 e. The first kappa shape index (κ1) is 18.7. The number of aryl methyl sites for hydroxylation is 1. The lowest BCUT2D eigenvalue weighted by molar-refractivity contribution is 0.148. The van der Waals surface area contributed by atoms with Gasteiger partial charge in [0.2, 0.25) is 0 Å². The molecule has 1 aromatic carbocycles. The fourth-order valence-electron chi connectivity index (χ4n) is 5.59. The molecule has 1 aliphatic heterocycles. The lowest BCUT2D eigenvalue weighted by atomic mass is 9.89. The SMILES string of the molecule is CN1CCN(Cc2ccc3[nH]c4c(c3c2)CCCC4NC2CCCCC2)CC1. The van der Waals surface area contributed by atoms with Crippen molar-refractivity contribution in [3.63, 3.8) is 0 Å². The molecule has 2 aromatic rings. The maximum atomic E-state index is 4.02. The molecule has 152 valence electrons. The monoisotopic (exact) mass is 380 g/mol. The zero-order chi connectivity index (χ0) is 18.9. The molecular formula is C24H36N4. The van der Waals surface area contributed by atoms with Gasteiger partial charge in [-0.2, -0.15) is 0 Å². The Morgan fingerprint density at radius 3 is 2.64 bits per heavy atom. The first-order chi connectivity index (χ1) is 13.8.